The van der Waals surface area contributed by atoms with Crippen LogP contribution in [0.3, 0.4) is 0 Å². The van der Waals surface area contributed by atoms with Gasteiger partial charge in [-0.25, -0.2) is 0 Å². The number of nitrogens with two attached hydrogens (primary N) is 1. The van der Waals surface area contributed by atoms with E-state index in [4.69, 9.17) is 10.5 Å². The molecule has 0 heterocycles. The molecule has 1 aliphatic rings. The van der Waals surface area contributed by atoms with Crippen LogP contribution in [0.25, 0.3) is 0 Å². The minimum atomic E-state index is 0.220. The smallest absolute Gasteiger partial charge is 0.122 e. The molecule has 1 aliphatic carbocycles. The first-order valence-electron chi connectivity index (χ1n) is 5.07. The Hall–Kier alpha value is -1.02. The average Bonchev–Trinajstić information content (AvgIpc) is 2.98. The molecule has 2 N–H and O–H groups in total. The summed E-state index contributed by atoms with van der Waals surface area (Å²) >= 11 is 0. The van der Waals surface area contributed by atoms with Crippen molar-refractivity contribution in [2.24, 2.45) is 5.73 Å². The van der Waals surface area contributed by atoms with E-state index in [-0.39, 0.29) is 5.41 Å². The minimum Gasteiger partial charge on any atom is -0.496 e. The standard InChI is InChI=1S/C12H17NO/c1-9-3-4-11(14-2)10(7-9)12(8-13)5-6-12/h3-4,7H,5-6,8,13H2,1-2H3. The Bertz CT molecular complexity index is 342. The van der Waals surface area contributed by atoms with Crippen LogP contribution in [0, 0.1) is 6.92 Å². The fraction of sp³-hybridized carbons (Fsp3) is 0.500. The van der Waals surface area contributed by atoms with Crippen LogP contribution < -0.4 is 10.5 Å². The maximum atomic E-state index is 5.82. The van der Waals surface area contributed by atoms with Crippen LogP contribution in [0.2, 0.25) is 0 Å². The maximum absolute atomic E-state index is 5.82. The summed E-state index contributed by atoms with van der Waals surface area (Å²) < 4.78 is 5.37. The Morgan fingerprint density at radius 2 is 2.14 bits per heavy atom. The van der Waals surface area contributed by atoms with Crippen molar-refractivity contribution in [1.29, 1.82) is 0 Å². The van der Waals surface area contributed by atoms with Crippen molar-refractivity contribution < 1.29 is 4.74 Å². The minimum absolute atomic E-state index is 0.220. The molecule has 0 aromatic heterocycles. The number of aryl methyl sites for hydroxylation is 1. The summed E-state index contributed by atoms with van der Waals surface area (Å²) in [6, 6.07) is 6.33. The van der Waals surface area contributed by atoms with Crippen LogP contribution in [-0.4, -0.2) is 13.7 Å². The van der Waals surface area contributed by atoms with Crippen molar-refractivity contribution in [1.82, 2.24) is 0 Å². The molecule has 76 valence electrons. The number of hydrogen-bond acceptors (Lipinski definition) is 2. The summed E-state index contributed by atoms with van der Waals surface area (Å²) in [5.41, 5.74) is 8.61. The lowest BCUT2D eigenvalue weighted by molar-refractivity contribution is 0.404. The Labute approximate surface area is 85.1 Å². The molecule has 2 heteroatoms. The van der Waals surface area contributed by atoms with Gasteiger partial charge < -0.3 is 10.5 Å². The number of methoxy groups -OCH3 is 1. The SMILES string of the molecule is COc1ccc(C)cc1C1(CN)CC1. The lowest BCUT2D eigenvalue weighted by atomic mass is 9.94. The highest BCUT2D eigenvalue weighted by atomic mass is 16.5. The van der Waals surface area contributed by atoms with E-state index in [1.807, 2.05) is 6.07 Å². The van der Waals surface area contributed by atoms with E-state index in [0.717, 1.165) is 12.3 Å². The molecule has 1 aromatic rings. The van der Waals surface area contributed by atoms with Crippen LogP contribution in [0.15, 0.2) is 18.2 Å². The third-order valence-electron chi connectivity index (χ3n) is 3.17. The average molecular weight is 191 g/mol. The predicted octanol–water partition coefficient (Wildman–Crippen LogP) is 1.99. The first kappa shape index (κ1) is 9.53. The van der Waals surface area contributed by atoms with Crippen molar-refractivity contribution >= 4 is 0 Å². The van der Waals surface area contributed by atoms with Crippen LogP contribution in [0.4, 0.5) is 0 Å². The van der Waals surface area contributed by atoms with E-state index < -0.39 is 0 Å². The highest BCUT2D eigenvalue weighted by Gasteiger charge is 2.44. The number of ether oxygens (including phenoxy) is 1. The van der Waals surface area contributed by atoms with Gasteiger partial charge in [-0.05, 0) is 25.8 Å². The number of benzene rings is 1. The van der Waals surface area contributed by atoms with E-state index in [9.17, 15) is 0 Å². The van der Waals surface area contributed by atoms with Crippen molar-refractivity contribution in [2.75, 3.05) is 13.7 Å². The number of rotatable bonds is 3. The molecular weight excluding hydrogens is 174 g/mol. The zero-order valence-electron chi connectivity index (χ0n) is 8.84. The van der Waals surface area contributed by atoms with Gasteiger partial charge in [0.15, 0.2) is 0 Å². The van der Waals surface area contributed by atoms with Crippen molar-refractivity contribution in [3.63, 3.8) is 0 Å². The highest BCUT2D eigenvalue weighted by Crippen LogP contribution is 2.50. The largest absolute Gasteiger partial charge is 0.496 e. The Balaban J connectivity index is 2.44. The van der Waals surface area contributed by atoms with Crippen molar-refractivity contribution in [3.8, 4) is 5.75 Å². The van der Waals surface area contributed by atoms with Gasteiger partial charge >= 0.3 is 0 Å². The summed E-state index contributed by atoms with van der Waals surface area (Å²) in [4.78, 5) is 0. The first-order chi connectivity index (χ1) is 6.72. The van der Waals surface area contributed by atoms with Crippen molar-refractivity contribution in [3.05, 3.63) is 29.3 Å². The molecule has 1 saturated carbocycles. The summed E-state index contributed by atoms with van der Waals surface area (Å²) in [6.07, 6.45) is 2.40. The third-order valence-corrected chi connectivity index (χ3v) is 3.17. The van der Waals surface area contributed by atoms with E-state index >= 15 is 0 Å². The molecule has 0 radical (unpaired) electrons. The van der Waals surface area contributed by atoms with Gasteiger partial charge in [0.25, 0.3) is 0 Å². The molecule has 0 unspecified atom stereocenters. The second-order valence-corrected chi connectivity index (χ2v) is 4.19. The zero-order valence-corrected chi connectivity index (χ0v) is 8.84. The third kappa shape index (κ3) is 1.40. The lowest BCUT2D eigenvalue weighted by Gasteiger charge is -2.17. The lowest BCUT2D eigenvalue weighted by Crippen LogP contribution is -2.20. The van der Waals surface area contributed by atoms with E-state index in [1.54, 1.807) is 7.11 Å². The molecule has 0 bridgehead atoms. The van der Waals surface area contributed by atoms with Gasteiger partial charge in [-0.15, -0.1) is 0 Å². The second-order valence-electron chi connectivity index (χ2n) is 4.19. The van der Waals surface area contributed by atoms with Crippen LogP contribution in [-0.2, 0) is 5.41 Å². The van der Waals surface area contributed by atoms with Gasteiger partial charge in [0, 0.05) is 17.5 Å². The summed E-state index contributed by atoms with van der Waals surface area (Å²) in [7, 11) is 1.72. The molecule has 2 nitrogen and oxygen atoms in total. The molecule has 2 rings (SSSR count). The van der Waals surface area contributed by atoms with Gasteiger partial charge in [-0.3, -0.25) is 0 Å². The molecule has 0 saturated heterocycles. The zero-order chi connectivity index (χ0) is 10.2. The van der Waals surface area contributed by atoms with E-state index in [0.29, 0.717) is 0 Å². The Morgan fingerprint density at radius 1 is 1.43 bits per heavy atom. The topological polar surface area (TPSA) is 35.2 Å². The van der Waals surface area contributed by atoms with Crippen molar-refractivity contribution in [2.45, 2.75) is 25.2 Å². The highest BCUT2D eigenvalue weighted by molar-refractivity contribution is 5.45. The predicted molar refractivity (Wildman–Crippen MR) is 57.7 cm³/mol. The van der Waals surface area contributed by atoms with Crippen LogP contribution in [0.5, 0.6) is 5.75 Å². The Morgan fingerprint density at radius 3 is 2.64 bits per heavy atom. The molecule has 0 amide bonds. The summed E-state index contributed by atoms with van der Waals surface area (Å²) in [5.74, 6) is 0.985. The molecule has 14 heavy (non-hydrogen) atoms. The molecule has 1 fully saturated rings. The molecular formula is C12H17NO. The van der Waals surface area contributed by atoms with Gasteiger partial charge in [-0.2, -0.15) is 0 Å². The monoisotopic (exact) mass is 191 g/mol. The summed E-state index contributed by atoms with van der Waals surface area (Å²) in [6.45, 7) is 2.84. The molecule has 0 aliphatic heterocycles. The quantitative estimate of drug-likeness (QED) is 0.793. The fourth-order valence-electron chi connectivity index (χ4n) is 1.97. The van der Waals surface area contributed by atoms with Gasteiger partial charge in [0.1, 0.15) is 5.75 Å². The Kier molecular flexibility index (Phi) is 2.23. The summed E-state index contributed by atoms with van der Waals surface area (Å²) in [5, 5.41) is 0. The normalized spacial score (nSPS) is 17.9. The molecule has 1 aromatic carbocycles. The van der Waals surface area contributed by atoms with E-state index in [1.165, 1.54) is 24.0 Å². The van der Waals surface area contributed by atoms with Crippen LogP contribution in [0.1, 0.15) is 24.0 Å². The molecule has 0 spiro atoms. The number of hydrogen-bond donors (Lipinski definition) is 1. The second kappa shape index (κ2) is 3.28. The van der Waals surface area contributed by atoms with Gasteiger partial charge in [-0.1, -0.05) is 17.7 Å². The maximum Gasteiger partial charge on any atom is 0.122 e. The molecule has 0 atom stereocenters. The van der Waals surface area contributed by atoms with Gasteiger partial charge in [0.05, 0.1) is 7.11 Å². The van der Waals surface area contributed by atoms with E-state index in [2.05, 4.69) is 19.1 Å². The van der Waals surface area contributed by atoms with Gasteiger partial charge in [0.2, 0.25) is 0 Å². The fourth-order valence-corrected chi connectivity index (χ4v) is 1.97. The first-order valence-corrected chi connectivity index (χ1v) is 5.07. The van der Waals surface area contributed by atoms with Crippen LogP contribution >= 0.6 is 0 Å².